The lowest BCUT2D eigenvalue weighted by molar-refractivity contribution is -0.112. The summed E-state index contributed by atoms with van der Waals surface area (Å²) in [4.78, 5) is 12.7. The van der Waals surface area contributed by atoms with Crippen LogP contribution in [0.15, 0.2) is 78.5 Å². The van der Waals surface area contributed by atoms with Gasteiger partial charge >= 0.3 is 0 Å². The zero-order valence-electron chi connectivity index (χ0n) is 17.3. The molecule has 158 valence electrons. The molecule has 0 unspecified atom stereocenters. The van der Waals surface area contributed by atoms with Crippen LogP contribution in [0.2, 0.25) is 5.02 Å². The van der Waals surface area contributed by atoms with Crippen molar-refractivity contribution in [2.45, 2.75) is 13.5 Å². The summed E-state index contributed by atoms with van der Waals surface area (Å²) < 4.78 is 15.6. The summed E-state index contributed by atoms with van der Waals surface area (Å²) in [6.45, 7) is 2.33. The zero-order valence-corrected chi connectivity index (χ0v) is 18.0. The number of rotatable bonds is 5. The summed E-state index contributed by atoms with van der Waals surface area (Å²) in [5.41, 5.74) is 3.84. The SMILES string of the molecule is Cc1ccc(NC(=O)/C(C#N)=C/c2cn(Cc3cccc(F)c3)c3ccccc23)cc1Cl. The number of nitriles is 1. The predicted octanol–water partition coefficient (Wildman–Crippen LogP) is 6.34. The number of hydrogen-bond donors (Lipinski definition) is 1. The lowest BCUT2D eigenvalue weighted by Gasteiger charge is -2.06. The normalized spacial score (nSPS) is 11.4. The van der Waals surface area contributed by atoms with Gasteiger partial charge in [-0.05, 0) is 54.5 Å². The van der Waals surface area contributed by atoms with Gasteiger partial charge in [-0.1, -0.05) is 48.0 Å². The largest absolute Gasteiger partial charge is 0.342 e. The third-order valence-electron chi connectivity index (χ3n) is 5.16. The highest BCUT2D eigenvalue weighted by Gasteiger charge is 2.13. The minimum Gasteiger partial charge on any atom is -0.342 e. The quantitative estimate of drug-likeness (QED) is 0.289. The first-order valence-corrected chi connectivity index (χ1v) is 10.3. The van der Waals surface area contributed by atoms with E-state index in [0.29, 0.717) is 17.3 Å². The van der Waals surface area contributed by atoms with Gasteiger partial charge in [0.15, 0.2) is 0 Å². The Hall–Kier alpha value is -3.88. The number of fused-ring (bicyclic) bond motifs is 1. The molecule has 0 aliphatic heterocycles. The van der Waals surface area contributed by atoms with E-state index in [9.17, 15) is 14.4 Å². The Labute approximate surface area is 190 Å². The summed E-state index contributed by atoms with van der Waals surface area (Å²) in [7, 11) is 0. The molecular formula is C26H19ClFN3O. The molecule has 0 aliphatic carbocycles. The second-order valence-corrected chi connectivity index (χ2v) is 7.85. The van der Waals surface area contributed by atoms with Gasteiger partial charge in [0.25, 0.3) is 5.91 Å². The first kappa shape index (κ1) is 21.4. The van der Waals surface area contributed by atoms with E-state index < -0.39 is 5.91 Å². The third kappa shape index (κ3) is 4.56. The highest BCUT2D eigenvalue weighted by molar-refractivity contribution is 6.31. The number of aromatic nitrogens is 1. The van der Waals surface area contributed by atoms with Gasteiger partial charge in [-0.15, -0.1) is 0 Å². The molecule has 1 aromatic heterocycles. The van der Waals surface area contributed by atoms with Crippen LogP contribution in [0.25, 0.3) is 17.0 Å². The number of halogens is 2. The molecule has 3 aromatic carbocycles. The Balaban J connectivity index is 1.67. The smallest absolute Gasteiger partial charge is 0.266 e. The molecule has 0 radical (unpaired) electrons. The van der Waals surface area contributed by atoms with E-state index in [4.69, 9.17) is 11.6 Å². The molecule has 1 amide bonds. The van der Waals surface area contributed by atoms with Crippen molar-refractivity contribution < 1.29 is 9.18 Å². The van der Waals surface area contributed by atoms with Crippen molar-refractivity contribution in [2.75, 3.05) is 5.32 Å². The molecule has 0 atom stereocenters. The molecule has 32 heavy (non-hydrogen) atoms. The number of para-hydroxylation sites is 1. The fraction of sp³-hybridized carbons (Fsp3) is 0.0769. The third-order valence-corrected chi connectivity index (χ3v) is 5.56. The maximum Gasteiger partial charge on any atom is 0.266 e. The molecule has 0 aliphatic rings. The molecule has 6 heteroatoms. The zero-order chi connectivity index (χ0) is 22.7. The maximum absolute atomic E-state index is 13.6. The highest BCUT2D eigenvalue weighted by Crippen LogP contribution is 2.25. The number of carbonyl (C=O) groups excluding carboxylic acids is 1. The van der Waals surface area contributed by atoms with Crippen molar-refractivity contribution >= 4 is 40.2 Å². The number of nitrogens with one attached hydrogen (secondary N) is 1. The van der Waals surface area contributed by atoms with Crippen LogP contribution in [-0.4, -0.2) is 10.5 Å². The molecule has 0 saturated carbocycles. The fourth-order valence-electron chi connectivity index (χ4n) is 3.53. The fourth-order valence-corrected chi connectivity index (χ4v) is 3.71. The van der Waals surface area contributed by atoms with E-state index in [1.807, 2.05) is 54.1 Å². The molecule has 4 nitrogen and oxygen atoms in total. The number of carbonyl (C=O) groups is 1. The molecule has 0 fully saturated rings. The minimum atomic E-state index is -0.519. The average molecular weight is 444 g/mol. The second-order valence-electron chi connectivity index (χ2n) is 7.45. The molecule has 0 saturated heterocycles. The number of nitrogens with zero attached hydrogens (tertiary/aromatic N) is 2. The Morgan fingerprint density at radius 1 is 1.16 bits per heavy atom. The van der Waals surface area contributed by atoms with Gasteiger partial charge in [-0.3, -0.25) is 4.79 Å². The minimum absolute atomic E-state index is 0.0321. The van der Waals surface area contributed by atoms with Gasteiger partial charge in [-0.25, -0.2) is 4.39 Å². The Bertz CT molecular complexity index is 1400. The number of hydrogen-bond acceptors (Lipinski definition) is 2. The summed E-state index contributed by atoms with van der Waals surface area (Å²) in [6.07, 6.45) is 3.43. The molecular weight excluding hydrogens is 425 g/mol. The van der Waals surface area contributed by atoms with E-state index in [1.165, 1.54) is 12.1 Å². The van der Waals surface area contributed by atoms with Gasteiger partial charge in [-0.2, -0.15) is 5.26 Å². The van der Waals surface area contributed by atoms with Gasteiger partial charge in [0.1, 0.15) is 17.5 Å². The molecule has 1 heterocycles. The van der Waals surface area contributed by atoms with Gasteiger partial charge < -0.3 is 9.88 Å². The molecule has 0 bridgehead atoms. The van der Waals surface area contributed by atoms with Crippen LogP contribution in [0, 0.1) is 24.1 Å². The summed E-state index contributed by atoms with van der Waals surface area (Å²) in [5.74, 6) is -0.812. The lowest BCUT2D eigenvalue weighted by atomic mass is 10.1. The van der Waals surface area contributed by atoms with Crippen LogP contribution in [-0.2, 0) is 11.3 Å². The maximum atomic E-state index is 13.6. The number of anilines is 1. The Morgan fingerprint density at radius 2 is 1.97 bits per heavy atom. The predicted molar refractivity (Wildman–Crippen MR) is 126 cm³/mol. The van der Waals surface area contributed by atoms with Crippen molar-refractivity contribution in [2.24, 2.45) is 0 Å². The van der Waals surface area contributed by atoms with E-state index >= 15 is 0 Å². The lowest BCUT2D eigenvalue weighted by Crippen LogP contribution is -2.13. The van der Waals surface area contributed by atoms with Gasteiger partial charge in [0.2, 0.25) is 0 Å². The monoisotopic (exact) mass is 443 g/mol. The number of aryl methyl sites for hydroxylation is 1. The summed E-state index contributed by atoms with van der Waals surface area (Å²) >= 11 is 6.13. The molecule has 0 spiro atoms. The standard InChI is InChI=1S/C26H19ClFN3O/c1-17-9-10-22(13-24(17)27)30-26(32)19(14-29)12-20-16-31(25-8-3-2-7-23(20)25)15-18-5-4-6-21(28)11-18/h2-13,16H,15H2,1H3,(H,30,32)/b19-12+. The van der Waals surface area contributed by atoms with Gasteiger partial charge in [0.05, 0.1) is 0 Å². The first-order valence-electron chi connectivity index (χ1n) is 9.96. The summed E-state index contributed by atoms with van der Waals surface area (Å²) in [5, 5.41) is 13.8. The van der Waals surface area contributed by atoms with E-state index in [0.717, 1.165) is 27.6 Å². The highest BCUT2D eigenvalue weighted by atomic mass is 35.5. The Kier molecular flexibility index (Phi) is 6.07. The first-order chi connectivity index (χ1) is 15.4. The average Bonchev–Trinajstić information content (AvgIpc) is 3.12. The molecule has 4 aromatic rings. The van der Waals surface area contributed by atoms with Crippen LogP contribution in [0.4, 0.5) is 10.1 Å². The summed E-state index contributed by atoms with van der Waals surface area (Å²) in [6, 6.07) is 21.3. The Morgan fingerprint density at radius 3 is 2.72 bits per heavy atom. The van der Waals surface area contributed by atoms with Crippen LogP contribution in [0.3, 0.4) is 0 Å². The van der Waals surface area contributed by atoms with E-state index in [2.05, 4.69) is 5.32 Å². The van der Waals surface area contributed by atoms with Crippen LogP contribution >= 0.6 is 11.6 Å². The van der Waals surface area contributed by atoms with E-state index in [1.54, 1.807) is 30.3 Å². The topological polar surface area (TPSA) is 57.8 Å². The van der Waals surface area contributed by atoms with Crippen molar-refractivity contribution in [3.05, 3.63) is 106 Å². The van der Waals surface area contributed by atoms with E-state index in [-0.39, 0.29) is 11.4 Å². The molecule has 1 N–H and O–H groups in total. The molecule has 4 rings (SSSR count). The second kappa shape index (κ2) is 9.09. The van der Waals surface area contributed by atoms with Crippen LogP contribution in [0.5, 0.6) is 0 Å². The van der Waals surface area contributed by atoms with Crippen molar-refractivity contribution in [3.8, 4) is 6.07 Å². The number of amides is 1. The van der Waals surface area contributed by atoms with Gasteiger partial charge in [0, 0.05) is 39.9 Å². The van der Waals surface area contributed by atoms with Crippen LogP contribution < -0.4 is 5.32 Å². The van der Waals surface area contributed by atoms with Crippen molar-refractivity contribution in [3.63, 3.8) is 0 Å². The van der Waals surface area contributed by atoms with Crippen molar-refractivity contribution in [1.82, 2.24) is 4.57 Å². The number of benzene rings is 3. The van der Waals surface area contributed by atoms with Crippen LogP contribution in [0.1, 0.15) is 16.7 Å². The van der Waals surface area contributed by atoms with Crippen molar-refractivity contribution in [1.29, 1.82) is 5.26 Å².